The minimum Gasteiger partial charge on any atom is -0.462 e. The summed E-state index contributed by atoms with van der Waals surface area (Å²) in [6.45, 7) is 0.382. The molecule has 27 heavy (non-hydrogen) atoms. The van der Waals surface area contributed by atoms with E-state index in [2.05, 4.69) is 5.32 Å². The van der Waals surface area contributed by atoms with Crippen LogP contribution in [0.4, 0.5) is 0 Å². The number of nitrogens with one attached hydrogen (secondary N) is 1. The predicted octanol–water partition coefficient (Wildman–Crippen LogP) is 3.42. The number of hydrogen-bond donors (Lipinski definition) is 1. The van der Waals surface area contributed by atoms with Crippen LogP contribution >= 0.6 is 11.6 Å². The number of rotatable bonds is 6. The minimum absolute atomic E-state index is 0.0631. The average Bonchev–Trinajstić information content (AvgIpc) is 2.67. The number of halogens is 1. The normalized spacial score (nSPS) is 10.6. The van der Waals surface area contributed by atoms with Gasteiger partial charge in [-0.05, 0) is 42.8 Å². The van der Waals surface area contributed by atoms with Crippen molar-refractivity contribution >= 4 is 34.4 Å². The molecule has 0 saturated carbocycles. The molecular weight excluding hydrogens is 370 g/mol. The molecule has 0 saturated heterocycles. The average molecular weight is 386 g/mol. The zero-order valence-electron chi connectivity index (χ0n) is 14.2. The number of amides is 1. The first-order valence-corrected chi connectivity index (χ1v) is 8.66. The van der Waals surface area contributed by atoms with E-state index in [-0.39, 0.29) is 18.7 Å². The quantitative estimate of drug-likeness (QED) is 0.399. The van der Waals surface area contributed by atoms with E-state index in [9.17, 15) is 14.4 Å². The Morgan fingerprint density at radius 1 is 1.07 bits per heavy atom. The van der Waals surface area contributed by atoms with Crippen LogP contribution in [0, 0.1) is 0 Å². The smallest absolute Gasteiger partial charge is 0.349 e. The van der Waals surface area contributed by atoms with Crippen LogP contribution < -0.4 is 10.9 Å². The summed E-state index contributed by atoms with van der Waals surface area (Å²) in [5.74, 6) is -0.994. The number of hydrogen-bond acceptors (Lipinski definition) is 5. The molecule has 1 aromatic heterocycles. The van der Waals surface area contributed by atoms with E-state index in [0.29, 0.717) is 28.0 Å². The molecule has 0 radical (unpaired) electrons. The lowest BCUT2D eigenvalue weighted by molar-refractivity contribution is 0.0501. The number of esters is 1. The standard InChI is InChI=1S/C20H16ClNO5/c21-15-8-6-13(7-9-15)19(24)26-11-3-10-22-18(23)16-12-14-4-1-2-5-17(14)27-20(16)25/h1-2,4-9,12H,3,10-11H2,(H,22,23). The van der Waals surface area contributed by atoms with Gasteiger partial charge in [0.25, 0.3) is 5.91 Å². The van der Waals surface area contributed by atoms with Crippen LogP contribution in [0.2, 0.25) is 5.02 Å². The monoisotopic (exact) mass is 385 g/mol. The topological polar surface area (TPSA) is 85.6 Å². The Morgan fingerprint density at radius 3 is 2.59 bits per heavy atom. The summed E-state index contributed by atoms with van der Waals surface area (Å²) in [6.07, 6.45) is 0.407. The number of benzene rings is 2. The zero-order chi connectivity index (χ0) is 19.2. The van der Waals surface area contributed by atoms with Crippen LogP contribution in [0.5, 0.6) is 0 Å². The first-order chi connectivity index (χ1) is 13.0. The van der Waals surface area contributed by atoms with E-state index in [1.54, 1.807) is 48.5 Å². The lowest BCUT2D eigenvalue weighted by Gasteiger charge is -2.07. The molecule has 7 heteroatoms. The van der Waals surface area contributed by atoms with Crippen LogP contribution in [-0.4, -0.2) is 25.0 Å². The van der Waals surface area contributed by atoms with Crippen LogP contribution in [0.1, 0.15) is 27.1 Å². The number of para-hydroxylation sites is 1. The van der Waals surface area contributed by atoms with Crippen molar-refractivity contribution in [3.05, 3.63) is 81.2 Å². The van der Waals surface area contributed by atoms with Gasteiger partial charge in [0.1, 0.15) is 11.1 Å². The van der Waals surface area contributed by atoms with Gasteiger partial charge < -0.3 is 14.5 Å². The number of fused-ring (bicyclic) bond motifs is 1. The van der Waals surface area contributed by atoms with Crippen LogP contribution in [0.3, 0.4) is 0 Å². The lowest BCUT2D eigenvalue weighted by Crippen LogP contribution is -2.29. The first-order valence-electron chi connectivity index (χ1n) is 8.28. The van der Waals surface area contributed by atoms with E-state index in [4.69, 9.17) is 20.8 Å². The van der Waals surface area contributed by atoms with Gasteiger partial charge in [-0.1, -0.05) is 29.8 Å². The van der Waals surface area contributed by atoms with Crippen molar-refractivity contribution in [3.8, 4) is 0 Å². The molecular formula is C20H16ClNO5. The SMILES string of the molecule is O=C(OCCCNC(=O)c1cc2ccccc2oc1=O)c1ccc(Cl)cc1. The molecule has 0 atom stereocenters. The van der Waals surface area contributed by atoms with E-state index in [0.717, 1.165) is 0 Å². The lowest BCUT2D eigenvalue weighted by atomic mass is 10.2. The summed E-state index contributed by atoms with van der Waals surface area (Å²) in [6, 6.07) is 14.8. The van der Waals surface area contributed by atoms with Gasteiger partial charge in [-0.25, -0.2) is 9.59 Å². The van der Waals surface area contributed by atoms with Gasteiger partial charge in [0.15, 0.2) is 0 Å². The maximum atomic E-state index is 12.2. The molecule has 3 aromatic rings. The molecule has 0 aliphatic rings. The van der Waals surface area contributed by atoms with Gasteiger partial charge >= 0.3 is 11.6 Å². The largest absolute Gasteiger partial charge is 0.462 e. The molecule has 2 aromatic carbocycles. The summed E-state index contributed by atoms with van der Waals surface area (Å²) >= 11 is 5.76. The van der Waals surface area contributed by atoms with Crippen molar-refractivity contribution in [3.63, 3.8) is 0 Å². The van der Waals surface area contributed by atoms with Crippen molar-refractivity contribution in [2.45, 2.75) is 6.42 Å². The molecule has 1 amide bonds. The summed E-state index contributed by atoms with van der Waals surface area (Å²) in [5.41, 5.74) is 0.0672. The van der Waals surface area contributed by atoms with E-state index >= 15 is 0 Å². The third-order valence-electron chi connectivity index (χ3n) is 3.81. The summed E-state index contributed by atoms with van der Waals surface area (Å²) in [4.78, 5) is 35.9. The van der Waals surface area contributed by atoms with Crippen molar-refractivity contribution in [1.29, 1.82) is 0 Å². The molecule has 6 nitrogen and oxygen atoms in total. The van der Waals surface area contributed by atoms with Crippen molar-refractivity contribution < 1.29 is 18.7 Å². The molecule has 3 rings (SSSR count). The second-order valence-electron chi connectivity index (χ2n) is 5.74. The highest BCUT2D eigenvalue weighted by atomic mass is 35.5. The molecule has 0 spiro atoms. The Hall–Kier alpha value is -3.12. The van der Waals surface area contributed by atoms with Gasteiger partial charge in [0.2, 0.25) is 0 Å². The van der Waals surface area contributed by atoms with E-state index < -0.39 is 17.5 Å². The van der Waals surface area contributed by atoms with Crippen molar-refractivity contribution in [2.75, 3.05) is 13.2 Å². The molecule has 0 aliphatic heterocycles. The van der Waals surface area contributed by atoms with Gasteiger partial charge in [0.05, 0.1) is 12.2 Å². The molecule has 1 heterocycles. The molecule has 0 aliphatic carbocycles. The predicted molar refractivity (Wildman–Crippen MR) is 101 cm³/mol. The third-order valence-corrected chi connectivity index (χ3v) is 4.06. The van der Waals surface area contributed by atoms with Crippen LogP contribution in [0.25, 0.3) is 11.0 Å². The summed E-state index contributed by atoms with van der Waals surface area (Å²) in [5, 5.41) is 3.82. The number of ether oxygens (including phenoxy) is 1. The molecule has 0 fully saturated rings. The van der Waals surface area contributed by atoms with Gasteiger partial charge in [0, 0.05) is 17.0 Å². The highest BCUT2D eigenvalue weighted by Gasteiger charge is 2.13. The van der Waals surface area contributed by atoms with Crippen molar-refractivity contribution in [1.82, 2.24) is 5.32 Å². The van der Waals surface area contributed by atoms with Crippen LogP contribution in [0.15, 0.2) is 63.8 Å². The first kappa shape index (κ1) is 18.7. The minimum atomic E-state index is -0.694. The Morgan fingerprint density at radius 2 is 1.81 bits per heavy atom. The number of carbonyl (C=O) groups excluding carboxylic acids is 2. The molecule has 1 N–H and O–H groups in total. The Kier molecular flexibility index (Phi) is 5.88. The van der Waals surface area contributed by atoms with Crippen molar-refractivity contribution in [2.24, 2.45) is 0 Å². The highest BCUT2D eigenvalue weighted by Crippen LogP contribution is 2.12. The van der Waals surface area contributed by atoms with Gasteiger partial charge in [-0.3, -0.25) is 4.79 Å². The van der Waals surface area contributed by atoms with E-state index in [1.807, 2.05) is 0 Å². The van der Waals surface area contributed by atoms with Crippen LogP contribution in [-0.2, 0) is 4.74 Å². The Labute approximate surface area is 159 Å². The molecule has 0 bridgehead atoms. The molecule has 0 unspecified atom stereocenters. The number of carbonyl (C=O) groups is 2. The van der Waals surface area contributed by atoms with Gasteiger partial charge in [-0.2, -0.15) is 0 Å². The fourth-order valence-electron chi connectivity index (χ4n) is 2.42. The fourth-order valence-corrected chi connectivity index (χ4v) is 2.55. The maximum Gasteiger partial charge on any atom is 0.349 e. The Balaban J connectivity index is 1.48. The van der Waals surface area contributed by atoms with Gasteiger partial charge in [-0.15, -0.1) is 0 Å². The second-order valence-corrected chi connectivity index (χ2v) is 6.17. The maximum absolute atomic E-state index is 12.2. The summed E-state index contributed by atoms with van der Waals surface area (Å²) in [7, 11) is 0. The Bertz CT molecular complexity index is 1030. The fraction of sp³-hybridized carbons (Fsp3) is 0.150. The molecule has 138 valence electrons. The third kappa shape index (κ3) is 4.74. The second kappa shape index (κ2) is 8.51. The summed E-state index contributed by atoms with van der Waals surface area (Å²) < 4.78 is 10.3. The zero-order valence-corrected chi connectivity index (χ0v) is 15.0. The van der Waals surface area contributed by atoms with E-state index in [1.165, 1.54) is 6.07 Å². The highest BCUT2D eigenvalue weighted by molar-refractivity contribution is 6.30.